The van der Waals surface area contributed by atoms with Crippen LogP contribution in [-0.2, 0) is 9.53 Å². The second-order valence-corrected chi connectivity index (χ2v) is 3.60. The van der Waals surface area contributed by atoms with E-state index >= 15 is 0 Å². The van der Waals surface area contributed by atoms with Crippen molar-refractivity contribution in [2.75, 3.05) is 39.2 Å². The minimum atomic E-state index is -0.177. The van der Waals surface area contributed by atoms with Crippen molar-refractivity contribution in [3.8, 4) is 5.75 Å². The monoisotopic (exact) mass is 274 g/mol. The Bertz CT molecular complexity index is 403. The van der Waals surface area contributed by atoms with Crippen molar-refractivity contribution in [1.29, 1.82) is 0 Å². The van der Waals surface area contributed by atoms with Gasteiger partial charge in [0.05, 0.1) is 20.3 Å². The smallest absolute Gasteiger partial charge is 0.239 e. The van der Waals surface area contributed by atoms with Gasteiger partial charge in [0.1, 0.15) is 6.33 Å². The summed E-state index contributed by atoms with van der Waals surface area (Å²) in [6, 6.07) is 0. The van der Waals surface area contributed by atoms with E-state index < -0.39 is 0 Å². The molecule has 0 atom stereocenters. The average molecular weight is 275 g/mol. The molecule has 1 heterocycles. The van der Waals surface area contributed by atoms with Crippen LogP contribution in [0.1, 0.15) is 0 Å². The van der Waals surface area contributed by atoms with Gasteiger partial charge < -0.3 is 20.1 Å². The number of carbonyl (C=O) groups is 1. The van der Waals surface area contributed by atoms with E-state index in [1.165, 1.54) is 13.4 Å². The summed E-state index contributed by atoms with van der Waals surface area (Å²) >= 11 is 5.81. The van der Waals surface area contributed by atoms with Gasteiger partial charge in [0.2, 0.25) is 5.91 Å². The van der Waals surface area contributed by atoms with Crippen LogP contribution in [-0.4, -0.2) is 49.8 Å². The maximum atomic E-state index is 11.4. The summed E-state index contributed by atoms with van der Waals surface area (Å²) in [6.07, 6.45) is 1.29. The number of aromatic nitrogens is 2. The van der Waals surface area contributed by atoms with E-state index in [1.54, 1.807) is 7.11 Å². The van der Waals surface area contributed by atoms with Gasteiger partial charge in [0, 0.05) is 13.7 Å². The molecule has 0 unspecified atom stereocenters. The normalized spacial score (nSPS) is 9.94. The van der Waals surface area contributed by atoms with Crippen molar-refractivity contribution in [3.05, 3.63) is 11.5 Å². The van der Waals surface area contributed by atoms with Crippen molar-refractivity contribution < 1.29 is 14.3 Å². The van der Waals surface area contributed by atoms with Gasteiger partial charge in [-0.1, -0.05) is 11.6 Å². The van der Waals surface area contributed by atoms with E-state index in [9.17, 15) is 4.79 Å². The van der Waals surface area contributed by atoms with Crippen molar-refractivity contribution in [2.45, 2.75) is 0 Å². The molecule has 0 spiro atoms. The SMILES string of the molecule is COCCNC(=O)CNc1ncnc(Cl)c1OC. The molecule has 100 valence electrons. The van der Waals surface area contributed by atoms with Crippen LogP contribution in [0.15, 0.2) is 6.33 Å². The van der Waals surface area contributed by atoms with Crippen LogP contribution in [0.2, 0.25) is 5.15 Å². The third kappa shape index (κ3) is 4.34. The molecular weight excluding hydrogens is 260 g/mol. The molecule has 0 saturated heterocycles. The Hall–Kier alpha value is -1.60. The molecule has 0 bridgehead atoms. The fourth-order valence-corrected chi connectivity index (χ4v) is 1.39. The van der Waals surface area contributed by atoms with Crippen LogP contribution in [0.25, 0.3) is 0 Å². The maximum absolute atomic E-state index is 11.4. The summed E-state index contributed by atoms with van der Waals surface area (Å²) in [4.78, 5) is 19.1. The Kier molecular flexibility index (Phi) is 6.16. The van der Waals surface area contributed by atoms with Crippen molar-refractivity contribution >= 4 is 23.3 Å². The summed E-state index contributed by atoms with van der Waals surface area (Å²) in [7, 11) is 3.02. The number of methoxy groups -OCH3 is 2. The number of anilines is 1. The standard InChI is InChI=1S/C10H15ClN4O3/c1-17-4-3-12-7(16)5-13-10-8(18-2)9(11)14-6-15-10/h6H,3-5H2,1-2H3,(H,12,16)(H,13,14,15). The number of rotatable bonds is 7. The number of nitrogens with zero attached hydrogens (tertiary/aromatic N) is 2. The largest absolute Gasteiger partial charge is 0.490 e. The Morgan fingerprint density at radius 2 is 2.22 bits per heavy atom. The summed E-state index contributed by atoms with van der Waals surface area (Å²) < 4.78 is 9.85. The number of hydrogen-bond donors (Lipinski definition) is 2. The Morgan fingerprint density at radius 1 is 1.44 bits per heavy atom. The van der Waals surface area contributed by atoms with Crippen molar-refractivity contribution in [2.24, 2.45) is 0 Å². The molecule has 0 radical (unpaired) electrons. The highest BCUT2D eigenvalue weighted by atomic mass is 35.5. The third-order valence-electron chi connectivity index (χ3n) is 2.01. The van der Waals surface area contributed by atoms with E-state index in [0.29, 0.717) is 24.7 Å². The summed E-state index contributed by atoms with van der Waals surface area (Å²) in [6.45, 7) is 0.987. The second-order valence-electron chi connectivity index (χ2n) is 3.24. The predicted molar refractivity (Wildman–Crippen MR) is 67.0 cm³/mol. The van der Waals surface area contributed by atoms with Gasteiger partial charge in [-0.25, -0.2) is 9.97 Å². The number of hydrogen-bond acceptors (Lipinski definition) is 6. The van der Waals surface area contributed by atoms with Crippen LogP contribution in [0.5, 0.6) is 5.75 Å². The van der Waals surface area contributed by atoms with Crippen molar-refractivity contribution in [3.63, 3.8) is 0 Å². The molecule has 18 heavy (non-hydrogen) atoms. The number of carbonyl (C=O) groups excluding carboxylic acids is 1. The fourth-order valence-electron chi connectivity index (χ4n) is 1.18. The molecule has 7 nitrogen and oxygen atoms in total. The summed E-state index contributed by atoms with van der Waals surface area (Å²) in [5.74, 6) is 0.507. The number of halogens is 1. The molecule has 0 saturated carbocycles. The van der Waals surface area contributed by atoms with Crippen LogP contribution in [0.3, 0.4) is 0 Å². The van der Waals surface area contributed by atoms with Crippen LogP contribution < -0.4 is 15.4 Å². The molecule has 2 N–H and O–H groups in total. The number of amides is 1. The van der Waals surface area contributed by atoms with E-state index in [-0.39, 0.29) is 17.6 Å². The lowest BCUT2D eigenvalue weighted by Crippen LogP contribution is -2.32. The first-order chi connectivity index (χ1) is 8.69. The lowest BCUT2D eigenvalue weighted by molar-refractivity contribution is -0.119. The van der Waals surface area contributed by atoms with Gasteiger partial charge in [0.25, 0.3) is 0 Å². The molecule has 1 amide bonds. The molecule has 0 aliphatic heterocycles. The second kappa shape index (κ2) is 7.67. The average Bonchev–Trinajstić information content (AvgIpc) is 2.36. The summed E-state index contributed by atoms with van der Waals surface area (Å²) in [5, 5.41) is 5.67. The van der Waals surface area contributed by atoms with Gasteiger partial charge in [0.15, 0.2) is 16.7 Å². The zero-order chi connectivity index (χ0) is 13.4. The van der Waals surface area contributed by atoms with Gasteiger partial charge in [-0.3, -0.25) is 4.79 Å². The first kappa shape index (κ1) is 14.5. The Balaban J connectivity index is 2.48. The molecule has 0 aromatic carbocycles. The lowest BCUT2D eigenvalue weighted by Gasteiger charge is -2.10. The van der Waals surface area contributed by atoms with Crippen LogP contribution >= 0.6 is 11.6 Å². The molecule has 8 heteroatoms. The van der Waals surface area contributed by atoms with Crippen LogP contribution in [0, 0.1) is 0 Å². The van der Waals surface area contributed by atoms with Gasteiger partial charge in [-0.05, 0) is 0 Å². The minimum Gasteiger partial charge on any atom is -0.490 e. The summed E-state index contributed by atoms with van der Waals surface area (Å²) in [5.41, 5.74) is 0. The van der Waals surface area contributed by atoms with E-state index in [1.807, 2.05) is 0 Å². The molecule has 1 rings (SSSR count). The third-order valence-corrected chi connectivity index (χ3v) is 2.28. The molecule has 0 aliphatic rings. The molecule has 0 aliphatic carbocycles. The van der Waals surface area contributed by atoms with E-state index in [0.717, 1.165) is 0 Å². The number of ether oxygens (including phenoxy) is 2. The van der Waals surface area contributed by atoms with Gasteiger partial charge in [-0.2, -0.15) is 0 Å². The Morgan fingerprint density at radius 3 is 2.89 bits per heavy atom. The molecule has 0 fully saturated rings. The highest BCUT2D eigenvalue weighted by molar-refractivity contribution is 6.31. The minimum absolute atomic E-state index is 0.0629. The number of nitrogens with one attached hydrogen (secondary N) is 2. The van der Waals surface area contributed by atoms with Gasteiger partial charge in [-0.15, -0.1) is 0 Å². The van der Waals surface area contributed by atoms with E-state index in [2.05, 4.69) is 20.6 Å². The predicted octanol–water partition coefficient (Wildman–Crippen LogP) is 0.313. The molecular formula is C10H15ClN4O3. The Labute approximate surface area is 110 Å². The van der Waals surface area contributed by atoms with Crippen molar-refractivity contribution in [1.82, 2.24) is 15.3 Å². The zero-order valence-corrected chi connectivity index (χ0v) is 11.0. The molecule has 1 aromatic rings. The topological polar surface area (TPSA) is 85.4 Å². The quantitative estimate of drug-likeness (QED) is 0.550. The lowest BCUT2D eigenvalue weighted by atomic mass is 10.4. The highest BCUT2D eigenvalue weighted by Gasteiger charge is 2.10. The fraction of sp³-hybridized carbons (Fsp3) is 0.500. The maximum Gasteiger partial charge on any atom is 0.239 e. The highest BCUT2D eigenvalue weighted by Crippen LogP contribution is 2.27. The zero-order valence-electron chi connectivity index (χ0n) is 10.2. The van der Waals surface area contributed by atoms with Crippen LogP contribution in [0.4, 0.5) is 5.82 Å². The first-order valence-corrected chi connectivity index (χ1v) is 5.60. The molecule has 1 aromatic heterocycles. The first-order valence-electron chi connectivity index (χ1n) is 5.23. The van der Waals surface area contributed by atoms with Gasteiger partial charge >= 0.3 is 0 Å². The van der Waals surface area contributed by atoms with E-state index in [4.69, 9.17) is 21.1 Å².